The number of Topliss-reactive ketones (excluding diaryl/α,β-unsaturated/α-hetero) is 1. The van der Waals surface area contributed by atoms with Crippen LogP contribution in [0.5, 0.6) is 0 Å². The molecule has 0 atom stereocenters. The van der Waals surface area contributed by atoms with Gasteiger partial charge in [-0.3, -0.25) is 9.89 Å². The number of carbonyl (C=O) groups is 1. The number of rotatable bonds is 3. The second kappa shape index (κ2) is 4.35. The van der Waals surface area contributed by atoms with E-state index in [2.05, 4.69) is 15.3 Å². The Morgan fingerprint density at radius 1 is 1.26 bits per heavy atom. The van der Waals surface area contributed by atoms with Crippen LogP contribution in [0.15, 0.2) is 36.9 Å². The number of H-pyrrole nitrogens is 1. The Bertz CT molecular complexity index is 725. The number of aromatic amines is 1. The monoisotopic (exact) mass is 254 g/mol. The Labute approximate surface area is 110 Å². The van der Waals surface area contributed by atoms with E-state index in [1.807, 2.05) is 38.4 Å². The summed E-state index contributed by atoms with van der Waals surface area (Å²) < 4.78 is 1.73. The van der Waals surface area contributed by atoms with Crippen LogP contribution < -0.4 is 0 Å². The van der Waals surface area contributed by atoms with Crippen molar-refractivity contribution >= 4 is 11.3 Å². The number of pyridine rings is 1. The molecular formula is C14H14N4O. The molecule has 96 valence electrons. The summed E-state index contributed by atoms with van der Waals surface area (Å²) in [6, 6.07) is 3.89. The van der Waals surface area contributed by atoms with Gasteiger partial charge in [0, 0.05) is 29.4 Å². The fraction of sp³-hybridized carbons (Fsp3) is 0.214. The molecule has 0 radical (unpaired) electrons. The lowest BCUT2D eigenvalue weighted by Gasteiger charge is -2.03. The third-order valence-corrected chi connectivity index (χ3v) is 3.14. The highest BCUT2D eigenvalue weighted by molar-refractivity contribution is 6.03. The van der Waals surface area contributed by atoms with Crippen LogP contribution in [0.1, 0.15) is 24.2 Å². The molecule has 0 saturated carbocycles. The molecule has 0 saturated heterocycles. The van der Waals surface area contributed by atoms with Crippen LogP contribution in [0.2, 0.25) is 0 Å². The minimum atomic E-state index is -0.0263. The highest BCUT2D eigenvalue weighted by atomic mass is 16.1. The van der Waals surface area contributed by atoms with Crippen molar-refractivity contribution in [1.82, 2.24) is 19.8 Å². The Kier molecular flexibility index (Phi) is 2.67. The molecule has 3 aromatic heterocycles. The third-order valence-electron chi connectivity index (χ3n) is 3.14. The van der Waals surface area contributed by atoms with Crippen LogP contribution in [0, 0.1) is 5.92 Å². The minimum absolute atomic E-state index is 0.0263. The molecule has 19 heavy (non-hydrogen) atoms. The molecule has 0 fully saturated rings. The summed E-state index contributed by atoms with van der Waals surface area (Å²) in [5.41, 5.74) is 3.52. The molecule has 0 aliphatic heterocycles. The van der Waals surface area contributed by atoms with Gasteiger partial charge in [-0.25, -0.2) is 4.52 Å². The average Bonchev–Trinajstić information content (AvgIpc) is 3.06. The second-order valence-corrected chi connectivity index (χ2v) is 4.81. The first-order valence-corrected chi connectivity index (χ1v) is 6.17. The van der Waals surface area contributed by atoms with Gasteiger partial charge in [0.05, 0.1) is 23.5 Å². The molecule has 0 aromatic carbocycles. The lowest BCUT2D eigenvalue weighted by atomic mass is 10.0. The van der Waals surface area contributed by atoms with E-state index >= 15 is 0 Å². The number of fused-ring (bicyclic) bond motifs is 1. The van der Waals surface area contributed by atoms with E-state index in [0.717, 1.165) is 16.6 Å². The van der Waals surface area contributed by atoms with Crippen LogP contribution in [0.25, 0.3) is 16.6 Å². The van der Waals surface area contributed by atoms with Crippen LogP contribution in [-0.2, 0) is 0 Å². The van der Waals surface area contributed by atoms with Gasteiger partial charge in [-0.1, -0.05) is 19.9 Å². The van der Waals surface area contributed by atoms with Crippen molar-refractivity contribution in [3.8, 4) is 11.1 Å². The van der Waals surface area contributed by atoms with Gasteiger partial charge in [0.1, 0.15) is 0 Å². The Morgan fingerprint density at radius 3 is 2.79 bits per heavy atom. The predicted octanol–water partition coefficient (Wildman–Crippen LogP) is 2.56. The molecule has 0 spiro atoms. The number of aromatic nitrogens is 4. The highest BCUT2D eigenvalue weighted by Crippen LogP contribution is 2.21. The normalized spacial score (nSPS) is 11.3. The Hall–Kier alpha value is -2.43. The van der Waals surface area contributed by atoms with Crippen molar-refractivity contribution in [3.05, 3.63) is 42.5 Å². The van der Waals surface area contributed by atoms with Gasteiger partial charge in [0.25, 0.3) is 0 Å². The van der Waals surface area contributed by atoms with E-state index in [4.69, 9.17) is 0 Å². The van der Waals surface area contributed by atoms with Crippen LogP contribution >= 0.6 is 0 Å². The fourth-order valence-electron chi connectivity index (χ4n) is 2.06. The van der Waals surface area contributed by atoms with E-state index < -0.39 is 0 Å². The first-order valence-electron chi connectivity index (χ1n) is 6.17. The maximum absolute atomic E-state index is 12.1. The molecule has 3 heterocycles. The standard InChI is InChI=1S/C14H14N4O/c1-9(2)14(19)12-7-17-18-8-10(3-4-13(12)18)11-5-15-16-6-11/h3-9H,1-2H3,(H,15,16). The van der Waals surface area contributed by atoms with Gasteiger partial charge < -0.3 is 0 Å². The molecule has 3 aromatic rings. The maximum Gasteiger partial charge on any atom is 0.169 e. The van der Waals surface area contributed by atoms with Gasteiger partial charge >= 0.3 is 0 Å². The molecule has 1 N–H and O–H groups in total. The molecule has 0 bridgehead atoms. The predicted molar refractivity (Wildman–Crippen MR) is 71.9 cm³/mol. The summed E-state index contributed by atoms with van der Waals surface area (Å²) in [6.07, 6.45) is 7.11. The summed E-state index contributed by atoms with van der Waals surface area (Å²) in [5.74, 6) is 0.0904. The number of nitrogens with one attached hydrogen (secondary N) is 1. The van der Waals surface area contributed by atoms with Crippen molar-refractivity contribution < 1.29 is 4.79 Å². The molecular weight excluding hydrogens is 240 g/mol. The van der Waals surface area contributed by atoms with E-state index in [0.29, 0.717) is 5.56 Å². The topological polar surface area (TPSA) is 63.1 Å². The van der Waals surface area contributed by atoms with Gasteiger partial charge in [-0.15, -0.1) is 0 Å². The SMILES string of the molecule is CC(C)C(=O)c1cnn2cc(-c3cn[nH]c3)ccc12. The zero-order chi connectivity index (χ0) is 13.4. The van der Waals surface area contributed by atoms with Crippen molar-refractivity contribution in [1.29, 1.82) is 0 Å². The number of ketones is 1. The molecule has 0 aliphatic carbocycles. The number of hydrogen-bond donors (Lipinski definition) is 1. The van der Waals surface area contributed by atoms with Gasteiger partial charge in [-0.05, 0) is 6.07 Å². The van der Waals surface area contributed by atoms with E-state index in [1.165, 1.54) is 0 Å². The summed E-state index contributed by atoms with van der Waals surface area (Å²) in [6.45, 7) is 3.79. The third kappa shape index (κ3) is 1.93. The summed E-state index contributed by atoms with van der Waals surface area (Å²) >= 11 is 0. The highest BCUT2D eigenvalue weighted by Gasteiger charge is 2.16. The first-order chi connectivity index (χ1) is 9.16. The van der Waals surface area contributed by atoms with E-state index in [-0.39, 0.29) is 11.7 Å². The molecule has 0 amide bonds. The quantitative estimate of drug-likeness (QED) is 0.730. The largest absolute Gasteiger partial charge is 0.294 e. The summed E-state index contributed by atoms with van der Waals surface area (Å²) in [5, 5.41) is 11.0. The van der Waals surface area contributed by atoms with Gasteiger partial charge in [-0.2, -0.15) is 10.2 Å². The number of carbonyl (C=O) groups excluding carboxylic acids is 1. The summed E-state index contributed by atoms with van der Waals surface area (Å²) in [4.78, 5) is 12.1. The molecule has 0 aliphatic rings. The molecule has 0 unspecified atom stereocenters. The lowest BCUT2D eigenvalue weighted by Crippen LogP contribution is -2.06. The van der Waals surface area contributed by atoms with E-state index in [9.17, 15) is 4.79 Å². The van der Waals surface area contributed by atoms with Crippen LogP contribution in [0.3, 0.4) is 0 Å². The van der Waals surface area contributed by atoms with Gasteiger partial charge in [0.2, 0.25) is 0 Å². The summed E-state index contributed by atoms with van der Waals surface area (Å²) in [7, 11) is 0. The van der Waals surface area contributed by atoms with Crippen molar-refractivity contribution in [2.45, 2.75) is 13.8 Å². The maximum atomic E-state index is 12.1. The van der Waals surface area contributed by atoms with Crippen molar-refractivity contribution in [2.24, 2.45) is 5.92 Å². The smallest absolute Gasteiger partial charge is 0.169 e. The van der Waals surface area contributed by atoms with E-state index in [1.54, 1.807) is 16.9 Å². The lowest BCUT2D eigenvalue weighted by molar-refractivity contribution is 0.0941. The Balaban J connectivity index is 2.10. The minimum Gasteiger partial charge on any atom is -0.294 e. The molecule has 5 heteroatoms. The van der Waals surface area contributed by atoms with Gasteiger partial charge in [0.15, 0.2) is 5.78 Å². The van der Waals surface area contributed by atoms with Crippen LogP contribution in [-0.4, -0.2) is 25.6 Å². The second-order valence-electron chi connectivity index (χ2n) is 4.81. The fourth-order valence-corrected chi connectivity index (χ4v) is 2.06. The van der Waals surface area contributed by atoms with Crippen molar-refractivity contribution in [3.63, 3.8) is 0 Å². The molecule has 5 nitrogen and oxygen atoms in total. The van der Waals surface area contributed by atoms with Crippen LogP contribution in [0.4, 0.5) is 0 Å². The first kappa shape index (κ1) is 11.6. The average molecular weight is 254 g/mol. The number of hydrogen-bond acceptors (Lipinski definition) is 3. The zero-order valence-corrected chi connectivity index (χ0v) is 10.8. The Morgan fingerprint density at radius 2 is 2.11 bits per heavy atom. The molecule has 3 rings (SSSR count). The number of nitrogens with zero attached hydrogens (tertiary/aromatic N) is 3. The zero-order valence-electron chi connectivity index (χ0n) is 10.8. The van der Waals surface area contributed by atoms with Crippen molar-refractivity contribution in [2.75, 3.05) is 0 Å².